The fourth-order valence-corrected chi connectivity index (χ4v) is 7.00. The van der Waals surface area contributed by atoms with Gasteiger partial charge in [0.25, 0.3) is 0 Å². The smallest absolute Gasteiger partial charge is 0.385 e. The second-order valence-electron chi connectivity index (χ2n) is 10.8. The molecule has 1 aromatic carbocycles. The molecule has 1 saturated carbocycles. The zero-order valence-corrected chi connectivity index (χ0v) is 24.2. The molecule has 0 heterocycles. The Labute approximate surface area is 213 Å². The summed E-state index contributed by atoms with van der Waals surface area (Å²) in [5.41, 5.74) is 3.03. The highest BCUT2D eigenvalue weighted by Gasteiger charge is 2.23. The van der Waals surface area contributed by atoms with Crippen molar-refractivity contribution in [3.8, 4) is 5.75 Å². The molecule has 0 aromatic heterocycles. The maximum Gasteiger partial charge on any atom is 0.385 e. The molecule has 34 heavy (non-hydrogen) atoms. The van der Waals surface area contributed by atoms with Crippen molar-refractivity contribution in [2.24, 2.45) is 0 Å². The molecule has 1 unspecified atom stereocenters. The lowest BCUT2D eigenvalue weighted by molar-refractivity contribution is 0.128. The van der Waals surface area contributed by atoms with Crippen molar-refractivity contribution >= 4 is 9.28 Å². The Kier molecular flexibility index (Phi) is 14.5. The minimum Gasteiger partial charge on any atom is -0.493 e. The molecule has 4 heteroatoms. The third kappa shape index (κ3) is 10.8. The Hall–Kier alpha value is -0.843. The van der Waals surface area contributed by atoms with Gasteiger partial charge in [0.1, 0.15) is 5.75 Å². The number of hydrogen-bond acceptors (Lipinski definition) is 3. The van der Waals surface area contributed by atoms with Gasteiger partial charge in [-0.1, -0.05) is 70.9 Å². The summed E-state index contributed by atoms with van der Waals surface area (Å²) in [6, 6.07) is 8.17. The third-order valence-corrected chi connectivity index (χ3v) is 9.09. The van der Waals surface area contributed by atoms with Gasteiger partial charge in [-0.25, -0.2) is 0 Å². The van der Waals surface area contributed by atoms with Crippen LogP contribution in [0.1, 0.15) is 142 Å². The molecule has 1 aliphatic rings. The highest BCUT2D eigenvalue weighted by molar-refractivity contribution is 6.44. The summed E-state index contributed by atoms with van der Waals surface area (Å²) in [4.78, 5) is 0. The molecule has 0 aliphatic heterocycles. The molecule has 0 N–H and O–H groups in total. The van der Waals surface area contributed by atoms with E-state index in [1.165, 1.54) is 76.2 Å². The first-order chi connectivity index (χ1) is 16.4. The molecule has 1 radical (unpaired) electrons. The Morgan fingerprint density at radius 2 is 1.56 bits per heavy atom. The SMILES string of the molecule is CCCCCC(CCC)c1ccc(OCCC[Si](OC(C)C)OC(C)C)c(C2CCCCC2)c1. The lowest BCUT2D eigenvalue weighted by Gasteiger charge is -2.26. The summed E-state index contributed by atoms with van der Waals surface area (Å²) in [7, 11) is -1.24. The number of unbranched alkanes of at least 4 members (excludes halogenated alkanes) is 2. The van der Waals surface area contributed by atoms with E-state index in [1.807, 2.05) is 0 Å². The molecule has 0 saturated heterocycles. The molecule has 3 nitrogen and oxygen atoms in total. The normalized spacial score (nSPS) is 16.0. The predicted molar refractivity (Wildman–Crippen MR) is 147 cm³/mol. The van der Waals surface area contributed by atoms with E-state index in [9.17, 15) is 0 Å². The summed E-state index contributed by atoms with van der Waals surface area (Å²) >= 11 is 0. The van der Waals surface area contributed by atoms with Gasteiger partial charge in [-0.05, 0) is 94.9 Å². The molecular formula is C30H53O3Si. The quantitative estimate of drug-likeness (QED) is 0.161. The molecule has 195 valence electrons. The van der Waals surface area contributed by atoms with Gasteiger partial charge in [0.15, 0.2) is 0 Å². The Morgan fingerprint density at radius 3 is 2.18 bits per heavy atom. The van der Waals surface area contributed by atoms with Crippen LogP contribution in [0.3, 0.4) is 0 Å². The van der Waals surface area contributed by atoms with Gasteiger partial charge in [-0.2, -0.15) is 0 Å². The molecule has 1 aliphatic carbocycles. The van der Waals surface area contributed by atoms with Crippen molar-refractivity contribution in [2.75, 3.05) is 6.61 Å². The van der Waals surface area contributed by atoms with Crippen molar-refractivity contribution in [2.45, 2.75) is 149 Å². The van der Waals surface area contributed by atoms with Crippen LogP contribution in [0, 0.1) is 0 Å². The van der Waals surface area contributed by atoms with E-state index in [0.717, 1.165) is 24.8 Å². The maximum absolute atomic E-state index is 6.45. The fraction of sp³-hybridized carbons (Fsp3) is 0.800. The Balaban J connectivity index is 2.07. The molecule has 0 amide bonds. The van der Waals surface area contributed by atoms with E-state index in [1.54, 1.807) is 5.56 Å². The van der Waals surface area contributed by atoms with Crippen molar-refractivity contribution in [1.29, 1.82) is 0 Å². The van der Waals surface area contributed by atoms with Crippen LogP contribution >= 0.6 is 0 Å². The molecule has 1 atom stereocenters. The lowest BCUT2D eigenvalue weighted by Crippen LogP contribution is -2.29. The van der Waals surface area contributed by atoms with E-state index in [-0.39, 0.29) is 12.2 Å². The predicted octanol–water partition coefficient (Wildman–Crippen LogP) is 9.31. The molecule has 1 aromatic rings. The largest absolute Gasteiger partial charge is 0.493 e. The first-order valence-corrected chi connectivity index (χ1v) is 15.9. The molecule has 1 fully saturated rings. The van der Waals surface area contributed by atoms with Crippen LogP contribution in [-0.2, 0) is 8.85 Å². The van der Waals surface area contributed by atoms with Crippen LogP contribution in [0.2, 0.25) is 6.04 Å². The highest BCUT2D eigenvalue weighted by atomic mass is 28.3. The van der Waals surface area contributed by atoms with Crippen LogP contribution < -0.4 is 4.74 Å². The van der Waals surface area contributed by atoms with E-state index in [2.05, 4.69) is 59.7 Å². The average molecular weight is 490 g/mol. The van der Waals surface area contributed by atoms with Crippen molar-refractivity contribution in [3.63, 3.8) is 0 Å². The van der Waals surface area contributed by atoms with Gasteiger partial charge in [0.05, 0.1) is 6.61 Å². The van der Waals surface area contributed by atoms with Gasteiger partial charge >= 0.3 is 9.28 Å². The number of benzene rings is 1. The molecule has 0 spiro atoms. The van der Waals surface area contributed by atoms with Crippen LogP contribution in [0.4, 0.5) is 0 Å². The average Bonchev–Trinajstić information content (AvgIpc) is 2.81. The van der Waals surface area contributed by atoms with Gasteiger partial charge in [-0.3, -0.25) is 0 Å². The first kappa shape index (κ1) is 29.4. The number of rotatable bonds is 17. The second kappa shape index (κ2) is 16.8. The third-order valence-electron chi connectivity index (χ3n) is 6.86. The van der Waals surface area contributed by atoms with E-state index >= 15 is 0 Å². The van der Waals surface area contributed by atoms with Gasteiger partial charge in [0, 0.05) is 12.2 Å². The summed E-state index contributed by atoms with van der Waals surface area (Å²) < 4.78 is 18.6. The Morgan fingerprint density at radius 1 is 0.853 bits per heavy atom. The summed E-state index contributed by atoms with van der Waals surface area (Å²) in [5, 5.41) is 0. The van der Waals surface area contributed by atoms with Crippen molar-refractivity contribution < 1.29 is 13.6 Å². The molecule has 2 rings (SSSR count). The van der Waals surface area contributed by atoms with Gasteiger partial charge in [0.2, 0.25) is 0 Å². The van der Waals surface area contributed by atoms with Crippen LogP contribution in [-0.4, -0.2) is 28.1 Å². The highest BCUT2D eigenvalue weighted by Crippen LogP contribution is 2.40. The lowest BCUT2D eigenvalue weighted by atomic mass is 9.81. The zero-order chi connectivity index (χ0) is 24.8. The molecule has 0 bridgehead atoms. The summed E-state index contributed by atoms with van der Waals surface area (Å²) in [6.07, 6.45) is 16.0. The topological polar surface area (TPSA) is 27.7 Å². The minimum atomic E-state index is -1.24. The first-order valence-electron chi connectivity index (χ1n) is 14.4. The summed E-state index contributed by atoms with van der Waals surface area (Å²) in [6.45, 7) is 13.7. The molecular weight excluding hydrogens is 436 g/mol. The van der Waals surface area contributed by atoms with Crippen molar-refractivity contribution in [1.82, 2.24) is 0 Å². The van der Waals surface area contributed by atoms with E-state index in [4.69, 9.17) is 13.6 Å². The van der Waals surface area contributed by atoms with Crippen LogP contribution in [0.15, 0.2) is 18.2 Å². The monoisotopic (exact) mass is 489 g/mol. The minimum absolute atomic E-state index is 0.215. The number of ether oxygens (including phenoxy) is 1. The van der Waals surface area contributed by atoms with E-state index in [0.29, 0.717) is 11.8 Å². The second-order valence-corrected chi connectivity index (χ2v) is 12.5. The van der Waals surface area contributed by atoms with Crippen LogP contribution in [0.5, 0.6) is 5.75 Å². The van der Waals surface area contributed by atoms with Crippen LogP contribution in [0.25, 0.3) is 0 Å². The standard InChI is InChI=1S/C30H53O3Si/c1-7-9-11-16-26(15-8-2)28-19-20-30(29(23-28)27-17-12-10-13-18-27)31-21-14-22-34(32-24(3)4)33-25(5)6/h19-20,23-27H,7-18,21-22H2,1-6H3. The Bertz CT molecular complexity index is 644. The van der Waals surface area contributed by atoms with E-state index < -0.39 is 9.28 Å². The number of hydrogen-bond donors (Lipinski definition) is 0. The zero-order valence-electron chi connectivity index (χ0n) is 23.2. The maximum atomic E-state index is 6.45. The van der Waals surface area contributed by atoms with Gasteiger partial charge in [-0.15, -0.1) is 0 Å². The van der Waals surface area contributed by atoms with Crippen molar-refractivity contribution in [3.05, 3.63) is 29.3 Å². The van der Waals surface area contributed by atoms with Gasteiger partial charge < -0.3 is 13.6 Å². The summed E-state index contributed by atoms with van der Waals surface area (Å²) in [5.74, 6) is 2.48. The fourth-order valence-electron chi connectivity index (χ4n) is 5.22.